The number of hydrogen-bond donors (Lipinski definition) is 0. The van der Waals surface area contributed by atoms with Crippen LogP contribution in [0, 0.1) is 16.7 Å². The van der Waals surface area contributed by atoms with E-state index in [0.29, 0.717) is 17.9 Å². The SMILES string of the molecule is CCC(CC#N)N1CC2(CCOCC2)C1. The van der Waals surface area contributed by atoms with E-state index in [-0.39, 0.29) is 0 Å². The summed E-state index contributed by atoms with van der Waals surface area (Å²) in [5.74, 6) is 0. The standard InChI is InChI=1S/C12H20N2O/c1-2-11(3-6-13)14-9-12(10-14)4-7-15-8-5-12/h11H,2-5,7-10H2,1H3. The first-order valence-corrected chi connectivity index (χ1v) is 5.98. The fourth-order valence-electron chi connectivity index (χ4n) is 2.83. The maximum absolute atomic E-state index is 8.74. The second-order valence-corrected chi connectivity index (χ2v) is 4.94. The molecule has 3 nitrogen and oxygen atoms in total. The Bertz CT molecular complexity index is 245. The summed E-state index contributed by atoms with van der Waals surface area (Å²) in [6.07, 6.45) is 4.21. The summed E-state index contributed by atoms with van der Waals surface area (Å²) in [4.78, 5) is 2.48. The molecule has 0 amide bonds. The smallest absolute Gasteiger partial charge is 0.0638 e. The summed E-state index contributed by atoms with van der Waals surface area (Å²) in [6.45, 7) is 6.43. The van der Waals surface area contributed by atoms with E-state index in [4.69, 9.17) is 10.00 Å². The summed E-state index contributed by atoms with van der Waals surface area (Å²) in [5, 5.41) is 8.74. The third-order valence-corrected chi connectivity index (χ3v) is 3.95. The zero-order valence-electron chi connectivity index (χ0n) is 9.54. The fraction of sp³-hybridized carbons (Fsp3) is 0.917. The first-order chi connectivity index (χ1) is 7.29. The van der Waals surface area contributed by atoms with E-state index in [0.717, 1.165) is 19.6 Å². The van der Waals surface area contributed by atoms with Crippen molar-refractivity contribution in [1.29, 1.82) is 5.26 Å². The number of likely N-dealkylation sites (tertiary alicyclic amines) is 1. The first kappa shape index (κ1) is 10.9. The summed E-state index contributed by atoms with van der Waals surface area (Å²) in [6, 6.07) is 2.78. The number of nitriles is 1. The van der Waals surface area contributed by atoms with Gasteiger partial charge in [-0.05, 0) is 19.3 Å². The Morgan fingerprint density at radius 2 is 2.07 bits per heavy atom. The van der Waals surface area contributed by atoms with Crippen molar-refractivity contribution in [2.45, 2.75) is 38.6 Å². The molecule has 0 aromatic heterocycles. The molecule has 15 heavy (non-hydrogen) atoms. The van der Waals surface area contributed by atoms with Crippen LogP contribution in [0.2, 0.25) is 0 Å². The molecule has 2 saturated heterocycles. The van der Waals surface area contributed by atoms with Crippen LogP contribution in [0.25, 0.3) is 0 Å². The Morgan fingerprint density at radius 1 is 1.40 bits per heavy atom. The van der Waals surface area contributed by atoms with E-state index in [1.165, 1.54) is 25.9 Å². The minimum absolute atomic E-state index is 0.489. The maximum Gasteiger partial charge on any atom is 0.0638 e. The van der Waals surface area contributed by atoms with Crippen molar-refractivity contribution in [2.24, 2.45) is 5.41 Å². The highest BCUT2D eigenvalue weighted by molar-refractivity contribution is 4.99. The summed E-state index contributed by atoms with van der Waals surface area (Å²) in [5.41, 5.74) is 0.543. The molecule has 0 saturated carbocycles. The van der Waals surface area contributed by atoms with Gasteiger partial charge >= 0.3 is 0 Å². The van der Waals surface area contributed by atoms with Gasteiger partial charge in [0.1, 0.15) is 0 Å². The number of hydrogen-bond acceptors (Lipinski definition) is 3. The van der Waals surface area contributed by atoms with Crippen molar-refractivity contribution in [3.8, 4) is 6.07 Å². The number of rotatable bonds is 3. The van der Waals surface area contributed by atoms with Crippen molar-refractivity contribution < 1.29 is 4.74 Å². The molecule has 0 aromatic rings. The summed E-state index contributed by atoms with van der Waals surface area (Å²) < 4.78 is 5.40. The van der Waals surface area contributed by atoms with Crippen molar-refractivity contribution in [1.82, 2.24) is 4.90 Å². The Hall–Kier alpha value is -0.590. The van der Waals surface area contributed by atoms with Crippen LogP contribution < -0.4 is 0 Å². The molecular weight excluding hydrogens is 188 g/mol. The number of nitrogens with zero attached hydrogens (tertiary/aromatic N) is 2. The van der Waals surface area contributed by atoms with Gasteiger partial charge in [0.15, 0.2) is 0 Å². The monoisotopic (exact) mass is 208 g/mol. The molecule has 2 aliphatic heterocycles. The van der Waals surface area contributed by atoms with Crippen LogP contribution in [-0.4, -0.2) is 37.2 Å². The van der Waals surface area contributed by atoms with E-state index in [2.05, 4.69) is 17.9 Å². The molecule has 1 atom stereocenters. The van der Waals surface area contributed by atoms with Crippen LogP contribution in [-0.2, 0) is 4.74 Å². The Morgan fingerprint density at radius 3 is 2.60 bits per heavy atom. The third kappa shape index (κ3) is 2.16. The van der Waals surface area contributed by atoms with Gasteiger partial charge in [-0.2, -0.15) is 5.26 Å². The minimum Gasteiger partial charge on any atom is -0.381 e. The Labute approximate surface area is 92.0 Å². The topological polar surface area (TPSA) is 36.3 Å². The lowest BCUT2D eigenvalue weighted by Crippen LogP contribution is -2.61. The van der Waals surface area contributed by atoms with Crippen molar-refractivity contribution in [3.63, 3.8) is 0 Å². The van der Waals surface area contributed by atoms with Crippen molar-refractivity contribution >= 4 is 0 Å². The highest BCUT2D eigenvalue weighted by Gasteiger charge is 2.45. The second kappa shape index (κ2) is 4.51. The Balaban J connectivity index is 1.83. The zero-order chi connectivity index (χ0) is 10.7. The van der Waals surface area contributed by atoms with E-state index in [1.807, 2.05) is 0 Å². The van der Waals surface area contributed by atoms with Crippen LogP contribution in [0.3, 0.4) is 0 Å². The lowest BCUT2D eigenvalue weighted by molar-refractivity contribution is -0.0968. The lowest BCUT2D eigenvalue weighted by atomic mass is 9.72. The average Bonchev–Trinajstić information content (AvgIpc) is 2.24. The van der Waals surface area contributed by atoms with Gasteiger partial charge in [0.2, 0.25) is 0 Å². The van der Waals surface area contributed by atoms with Gasteiger partial charge in [0, 0.05) is 37.8 Å². The van der Waals surface area contributed by atoms with Gasteiger partial charge in [-0.25, -0.2) is 0 Å². The first-order valence-electron chi connectivity index (χ1n) is 5.98. The van der Waals surface area contributed by atoms with E-state index in [9.17, 15) is 0 Å². The average molecular weight is 208 g/mol. The quantitative estimate of drug-likeness (QED) is 0.709. The van der Waals surface area contributed by atoms with Gasteiger partial charge < -0.3 is 4.74 Å². The van der Waals surface area contributed by atoms with E-state index < -0.39 is 0 Å². The predicted octanol–water partition coefficient (Wildman–Crippen LogP) is 1.79. The summed E-state index contributed by atoms with van der Waals surface area (Å²) in [7, 11) is 0. The lowest BCUT2D eigenvalue weighted by Gasteiger charge is -2.54. The molecule has 0 bridgehead atoms. The highest BCUT2D eigenvalue weighted by atomic mass is 16.5. The van der Waals surface area contributed by atoms with Gasteiger partial charge in [0.25, 0.3) is 0 Å². The van der Waals surface area contributed by atoms with Crippen molar-refractivity contribution in [2.75, 3.05) is 26.3 Å². The molecule has 2 heterocycles. The molecule has 0 aromatic carbocycles. The zero-order valence-corrected chi connectivity index (χ0v) is 9.54. The van der Waals surface area contributed by atoms with Gasteiger partial charge in [0.05, 0.1) is 12.5 Å². The summed E-state index contributed by atoms with van der Waals surface area (Å²) >= 11 is 0. The molecule has 2 aliphatic rings. The largest absolute Gasteiger partial charge is 0.381 e. The molecule has 0 N–H and O–H groups in total. The normalized spacial score (nSPS) is 26.9. The van der Waals surface area contributed by atoms with Crippen LogP contribution in [0.15, 0.2) is 0 Å². The predicted molar refractivity (Wildman–Crippen MR) is 58.4 cm³/mol. The number of ether oxygens (including phenoxy) is 1. The molecular formula is C12H20N2O. The molecule has 1 spiro atoms. The van der Waals surface area contributed by atoms with Gasteiger partial charge in [-0.1, -0.05) is 6.92 Å². The van der Waals surface area contributed by atoms with Crippen LogP contribution in [0.1, 0.15) is 32.6 Å². The van der Waals surface area contributed by atoms with Crippen LogP contribution >= 0.6 is 0 Å². The minimum atomic E-state index is 0.489. The maximum atomic E-state index is 8.74. The van der Waals surface area contributed by atoms with Crippen LogP contribution in [0.4, 0.5) is 0 Å². The van der Waals surface area contributed by atoms with E-state index in [1.54, 1.807) is 0 Å². The molecule has 3 heteroatoms. The molecule has 2 fully saturated rings. The molecule has 84 valence electrons. The third-order valence-electron chi connectivity index (χ3n) is 3.95. The van der Waals surface area contributed by atoms with Crippen LogP contribution in [0.5, 0.6) is 0 Å². The Kier molecular flexibility index (Phi) is 3.28. The van der Waals surface area contributed by atoms with Crippen molar-refractivity contribution in [3.05, 3.63) is 0 Å². The molecule has 2 rings (SSSR count). The molecule has 0 radical (unpaired) electrons. The molecule has 1 unspecified atom stereocenters. The van der Waals surface area contributed by atoms with Gasteiger partial charge in [-0.15, -0.1) is 0 Å². The second-order valence-electron chi connectivity index (χ2n) is 4.94. The fourth-order valence-corrected chi connectivity index (χ4v) is 2.83. The van der Waals surface area contributed by atoms with E-state index >= 15 is 0 Å². The van der Waals surface area contributed by atoms with Gasteiger partial charge in [-0.3, -0.25) is 4.90 Å². The highest BCUT2D eigenvalue weighted by Crippen LogP contribution is 2.41. The molecule has 0 aliphatic carbocycles.